The van der Waals surface area contributed by atoms with Crippen molar-refractivity contribution in [2.45, 2.75) is 45.6 Å². The molecule has 2 aliphatic rings. The molecule has 0 atom stereocenters. The minimum atomic E-state index is -0.113. The molecular formula is C26H33N3O3. The standard InChI is InChI=1S/C26H33N3O3/c1-4-21(25-20-15-23(31-2)24(32-3)16-22(20)28-26(25)30)27-19-11-9-18(10-12-19)17-29-13-7-5-6-8-14-29/h9-12,15-16,27H,4-8,13-14,17H2,1-3H3,(H,28,30). The highest BCUT2D eigenvalue weighted by molar-refractivity contribution is 6.32. The number of methoxy groups -OCH3 is 2. The predicted octanol–water partition coefficient (Wildman–Crippen LogP) is 5.27. The van der Waals surface area contributed by atoms with Crippen molar-refractivity contribution >= 4 is 22.9 Å². The first-order valence-electron chi connectivity index (χ1n) is 11.5. The highest BCUT2D eigenvalue weighted by Crippen LogP contribution is 2.42. The zero-order valence-corrected chi connectivity index (χ0v) is 19.3. The summed E-state index contributed by atoms with van der Waals surface area (Å²) >= 11 is 0. The molecule has 32 heavy (non-hydrogen) atoms. The molecular weight excluding hydrogens is 402 g/mol. The van der Waals surface area contributed by atoms with E-state index in [4.69, 9.17) is 9.47 Å². The molecule has 0 saturated carbocycles. The lowest BCUT2D eigenvalue weighted by atomic mass is 10.0. The van der Waals surface area contributed by atoms with Gasteiger partial charge in [-0.25, -0.2) is 0 Å². The van der Waals surface area contributed by atoms with Crippen LogP contribution in [0.3, 0.4) is 0 Å². The van der Waals surface area contributed by atoms with Gasteiger partial charge in [0.25, 0.3) is 5.91 Å². The van der Waals surface area contributed by atoms with E-state index in [1.165, 1.54) is 44.3 Å². The van der Waals surface area contributed by atoms with Gasteiger partial charge in [-0.2, -0.15) is 0 Å². The molecule has 6 nitrogen and oxygen atoms in total. The van der Waals surface area contributed by atoms with Crippen molar-refractivity contribution in [3.63, 3.8) is 0 Å². The Morgan fingerprint density at radius 1 is 1.00 bits per heavy atom. The number of benzene rings is 2. The lowest BCUT2D eigenvalue weighted by Gasteiger charge is -2.20. The van der Waals surface area contributed by atoms with E-state index in [9.17, 15) is 4.79 Å². The number of nitrogens with one attached hydrogen (secondary N) is 2. The highest BCUT2D eigenvalue weighted by Gasteiger charge is 2.29. The van der Waals surface area contributed by atoms with E-state index in [0.29, 0.717) is 23.5 Å². The van der Waals surface area contributed by atoms with E-state index in [1.807, 2.05) is 12.1 Å². The average Bonchev–Trinajstić information content (AvgIpc) is 2.95. The number of hydrogen-bond donors (Lipinski definition) is 2. The maximum Gasteiger partial charge on any atom is 0.258 e. The summed E-state index contributed by atoms with van der Waals surface area (Å²) in [7, 11) is 3.19. The van der Waals surface area contributed by atoms with Gasteiger partial charge in [0.15, 0.2) is 11.5 Å². The number of allylic oxidation sites excluding steroid dienone is 1. The Morgan fingerprint density at radius 3 is 2.28 bits per heavy atom. The lowest BCUT2D eigenvalue weighted by molar-refractivity contribution is -0.110. The molecule has 170 valence electrons. The third kappa shape index (κ3) is 4.75. The monoisotopic (exact) mass is 435 g/mol. The Labute approximate surface area is 190 Å². The minimum Gasteiger partial charge on any atom is -0.493 e. The van der Waals surface area contributed by atoms with E-state index in [1.54, 1.807) is 14.2 Å². The number of rotatable bonds is 7. The van der Waals surface area contributed by atoms with Gasteiger partial charge in [-0.15, -0.1) is 0 Å². The highest BCUT2D eigenvalue weighted by atomic mass is 16.5. The first-order chi connectivity index (χ1) is 15.6. The molecule has 4 rings (SSSR count). The number of amides is 1. The van der Waals surface area contributed by atoms with Crippen molar-refractivity contribution in [2.24, 2.45) is 0 Å². The van der Waals surface area contributed by atoms with Crippen molar-refractivity contribution in [1.82, 2.24) is 4.90 Å². The predicted molar refractivity (Wildman–Crippen MR) is 129 cm³/mol. The molecule has 2 aromatic carbocycles. The van der Waals surface area contributed by atoms with Crippen LogP contribution in [-0.4, -0.2) is 38.1 Å². The Hall–Kier alpha value is -2.99. The zero-order valence-electron chi connectivity index (χ0n) is 19.3. The molecule has 0 bridgehead atoms. The Kier molecular flexibility index (Phi) is 7.00. The largest absolute Gasteiger partial charge is 0.493 e. The molecule has 0 aromatic heterocycles. The van der Waals surface area contributed by atoms with Gasteiger partial charge in [0.05, 0.1) is 25.5 Å². The number of carbonyl (C=O) groups is 1. The van der Waals surface area contributed by atoms with Crippen LogP contribution in [0.4, 0.5) is 11.4 Å². The van der Waals surface area contributed by atoms with Crippen LogP contribution in [0.15, 0.2) is 42.1 Å². The summed E-state index contributed by atoms with van der Waals surface area (Å²) in [5.74, 6) is 1.09. The number of ether oxygens (including phenoxy) is 2. The topological polar surface area (TPSA) is 62.8 Å². The fourth-order valence-corrected chi connectivity index (χ4v) is 4.54. The van der Waals surface area contributed by atoms with Crippen LogP contribution in [0.2, 0.25) is 0 Å². The molecule has 0 unspecified atom stereocenters. The summed E-state index contributed by atoms with van der Waals surface area (Å²) in [5.41, 5.74) is 5.41. The van der Waals surface area contributed by atoms with Gasteiger partial charge in [-0.3, -0.25) is 9.69 Å². The molecule has 0 spiro atoms. The molecule has 1 saturated heterocycles. The van der Waals surface area contributed by atoms with Crippen molar-refractivity contribution in [3.8, 4) is 11.5 Å². The second-order valence-electron chi connectivity index (χ2n) is 8.43. The molecule has 1 fully saturated rings. The van der Waals surface area contributed by atoms with Crippen LogP contribution in [0, 0.1) is 0 Å². The number of fused-ring (bicyclic) bond motifs is 1. The average molecular weight is 436 g/mol. The van der Waals surface area contributed by atoms with Gasteiger partial charge >= 0.3 is 0 Å². The van der Waals surface area contributed by atoms with Crippen molar-refractivity contribution in [3.05, 3.63) is 53.2 Å². The number of nitrogens with zero attached hydrogens (tertiary/aromatic N) is 1. The summed E-state index contributed by atoms with van der Waals surface area (Å²) in [6.45, 7) is 5.43. The summed E-state index contributed by atoms with van der Waals surface area (Å²) in [6.07, 6.45) is 6.00. The van der Waals surface area contributed by atoms with Crippen LogP contribution in [0.1, 0.15) is 50.2 Å². The molecule has 2 aromatic rings. The van der Waals surface area contributed by atoms with E-state index >= 15 is 0 Å². The van der Waals surface area contributed by atoms with Crippen LogP contribution in [0.25, 0.3) is 5.57 Å². The minimum absolute atomic E-state index is 0.113. The van der Waals surface area contributed by atoms with Gasteiger partial charge < -0.3 is 20.1 Å². The number of likely N-dealkylation sites (tertiary alicyclic amines) is 1. The second kappa shape index (κ2) is 10.1. The van der Waals surface area contributed by atoms with Gasteiger partial charge in [0, 0.05) is 29.6 Å². The molecule has 6 heteroatoms. The summed E-state index contributed by atoms with van der Waals surface area (Å²) in [5, 5.41) is 6.44. The van der Waals surface area contributed by atoms with Crippen molar-refractivity contribution < 1.29 is 14.3 Å². The number of hydrogen-bond acceptors (Lipinski definition) is 5. The number of anilines is 2. The maximum atomic E-state index is 12.8. The molecule has 2 aliphatic heterocycles. The smallest absolute Gasteiger partial charge is 0.258 e. The third-order valence-corrected chi connectivity index (χ3v) is 6.28. The number of carbonyl (C=O) groups excluding carboxylic acids is 1. The Balaban J connectivity index is 1.55. The molecule has 2 heterocycles. The summed E-state index contributed by atoms with van der Waals surface area (Å²) in [4.78, 5) is 15.4. The van der Waals surface area contributed by atoms with Gasteiger partial charge in [0.1, 0.15) is 0 Å². The van der Waals surface area contributed by atoms with Crippen molar-refractivity contribution in [2.75, 3.05) is 37.9 Å². The fourth-order valence-electron chi connectivity index (χ4n) is 4.54. The molecule has 0 aliphatic carbocycles. The quantitative estimate of drug-likeness (QED) is 0.581. The van der Waals surface area contributed by atoms with E-state index in [-0.39, 0.29) is 5.91 Å². The SMILES string of the molecule is CCC(Nc1ccc(CN2CCCCCC2)cc1)=C1C(=O)Nc2cc(OC)c(OC)cc21. The fraction of sp³-hybridized carbons (Fsp3) is 0.423. The first-order valence-corrected chi connectivity index (χ1v) is 11.5. The summed E-state index contributed by atoms with van der Waals surface area (Å²) < 4.78 is 10.8. The van der Waals surface area contributed by atoms with E-state index < -0.39 is 0 Å². The lowest BCUT2D eigenvalue weighted by Crippen LogP contribution is -2.23. The maximum absolute atomic E-state index is 12.8. The van der Waals surface area contributed by atoms with Crippen molar-refractivity contribution in [1.29, 1.82) is 0 Å². The third-order valence-electron chi connectivity index (χ3n) is 6.28. The van der Waals surface area contributed by atoms with Gasteiger partial charge in [-0.1, -0.05) is 31.9 Å². The van der Waals surface area contributed by atoms with Crippen LogP contribution < -0.4 is 20.1 Å². The van der Waals surface area contributed by atoms with Crippen LogP contribution in [-0.2, 0) is 11.3 Å². The molecule has 2 N–H and O–H groups in total. The van der Waals surface area contributed by atoms with Gasteiger partial charge in [-0.05, 0) is 56.1 Å². The zero-order chi connectivity index (χ0) is 22.5. The second-order valence-corrected chi connectivity index (χ2v) is 8.43. The first kappa shape index (κ1) is 22.2. The van der Waals surface area contributed by atoms with Crippen LogP contribution >= 0.6 is 0 Å². The molecule has 1 amide bonds. The van der Waals surface area contributed by atoms with Crippen LogP contribution in [0.5, 0.6) is 11.5 Å². The van der Waals surface area contributed by atoms with E-state index in [0.717, 1.165) is 29.2 Å². The van der Waals surface area contributed by atoms with E-state index in [2.05, 4.69) is 46.7 Å². The molecule has 0 radical (unpaired) electrons. The Morgan fingerprint density at radius 2 is 1.66 bits per heavy atom. The normalized spacial score (nSPS) is 17.9. The summed E-state index contributed by atoms with van der Waals surface area (Å²) in [6, 6.07) is 12.2. The Bertz CT molecular complexity index is 990. The van der Waals surface area contributed by atoms with Gasteiger partial charge in [0.2, 0.25) is 0 Å².